The molecule has 3 aromatic heterocycles. The van der Waals surface area contributed by atoms with Crippen molar-refractivity contribution in [2.24, 2.45) is 11.8 Å². The lowest BCUT2D eigenvalue weighted by Gasteiger charge is -2.12. The Hall–Kier alpha value is -5.16. The fourth-order valence-electron chi connectivity index (χ4n) is 6.87. The molecule has 0 amide bonds. The number of ether oxygens (including phenoxy) is 1. The molecule has 47 heavy (non-hydrogen) atoms. The molecule has 0 spiro atoms. The second-order valence-corrected chi connectivity index (χ2v) is 13.5. The van der Waals surface area contributed by atoms with Crippen LogP contribution in [0.5, 0.6) is 11.5 Å². The first-order chi connectivity index (χ1) is 22.7. The number of aryl methyl sites for hydroxylation is 1. The molecule has 5 nitrogen and oxygen atoms in total. The molecule has 0 saturated heterocycles. The van der Waals surface area contributed by atoms with Crippen molar-refractivity contribution in [1.82, 2.24) is 19.3 Å². The predicted octanol–water partition coefficient (Wildman–Crippen LogP) is 10.8. The van der Waals surface area contributed by atoms with Gasteiger partial charge in [-0.05, 0) is 104 Å². The van der Waals surface area contributed by atoms with E-state index in [9.17, 15) is 0 Å². The average molecular weight is 619 g/mol. The zero-order chi connectivity index (χ0) is 32.7. The Labute approximate surface area is 277 Å². The Morgan fingerprint density at radius 1 is 0.660 bits per heavy atom. The van der Waals surface area contributed by atoms with Crippen LogP contribution in [-0.2, 0) is 12.8 Å². The average Bonchev–Trinajstić information content (AvgIpc) is 3.53. The molecule has 0 bridgehead atoms. The van der Waals surface area contributed by atoms with E-state index in [-0.39, 0.29) is 0 Å². The van der Waals surface area contributed by atoms with Crippen LogP contribution >= 0.6 is 0 Å². The van der Waals surface area contributed by atoms with Crippen molar-refractivity contribution in [3.8, 4) is 34.1 Å². The Bertz CT molecular complexity index is 2200. The van der Waals surface area contributed by atoms with Crippen LogP contribution in [0.1, 0.15) is 50.2 Å². The summed E-state index contributed by atoms with van der Waals surface area (Å²) < 4.78 is 10.9. The number of pyridine rings is 1. The third kappa shape index (κ3) is 6.06. The summed E-state index contributed by atoms with van der Waals surface area (Å²) in [5.74, 6) is 3.62. The summed E-state index contributed by atoms with van der Waals surface area (Å²) in [6, 6.07) is 36.3. The molecule has 0 fully saturated rings. The third-order valence-corrected chi connectivity index (χ3v) is 8.78. The zero-order valence-electron chi connectivity index (χ0n) is 28.2. The van der Waals surface area contributed by atoms with Crippen molar-refractivity contribution >= 4 is 21.8 Å². The largest absolute Gasteiger partial charge is 0.457 e. The molecule has 7 rings (SSSR count). The van der Waals surface area contributed by atoms with Crippen molar-refractivity contribution < 1.29 is 4.74 Å². The Kier molecular flexibility index (Phi) is 8.15. The number of hydrogen-bond acceptors (Lipinski definition) is 3. The minimum Gasteiger partial charge on any atom is -0.457 e. The van der Waals surface area contributed by atoms with E-state index in [0.29, 0.717) is 11.8 Å². The monoisotopic (exact) mass is 618 g/mol. The van der Waals surface area contributed by atoms with E-state index >= 15 is 0 Å². The molecule has 5 heteroatoms. The van der Waals surface area contributed by atoms with Crippen LogP contribution in [0.2, 0.25) is 0 Å². The van der Waals surface area contributed by atoms with Gasteiger partial charge in [0.25, 0.3) is 0 Å². The van der Waals surface area contributed by atoms with Gasteiger partial charge >= 0.3 is 0 Å². The zero-order valence-corrected chi connectivity index (χ0v) is 28.2. The van der Waals surface area contributed by atoms with Gasteiger partial charge in [-0.15, -0.1) is 0 Å². The molecular formula is C42H42N4O. The predicted molar refractivity (Wildman–Crippen MR) is 194 cm³/mol. The smallest absolute Gasteiger partial charge is 0.137 e. The first kappa shape index (κ1) is 30.5. The number of rotatable bonds is 9. The summed E-state index contributed by atoms with van der Waals surface area (Å²) in [7, 11) is 0. The number of nitrogens with zero attached hydrogens (tertiary/aromatic N) is 4. The summed E-state index contributed by atoms with van der Waals surface area (Å²) in [6.45, 7) is 13.2. The van der Waals surface area contributed by atoms with Gasteiger partial charge in [-0.3, -0.25) is 4.57 Å². The van der Waals surface area contributed by atoms with Crippen LogP contribution in [0.25, 0.3) is 44.4 Å². The van der Waals surface area contributed by atoms with E-state index in [2.05, 4.69) is 131 Å². The van der Waals surface area contributed by atoms with Crippen LogP contribution in [0, 0.1) is 25.7 Å². The molecule has 0 aliphatic heterocycles. The molecular weight excluding hydrogens is 576 g/mol. The highest BCUT2D eigenvalue weighted by Gasteiger charge is 2.17. The van der Waals surface area contributed by atoms with Crippen LogP contribution in [0.15, 0.2) is 109 Å². The van der Waals surface area contributed by atoms with Gasteiger partial charge < -0.3 is 4.74 Å². The summed E-state index contributed by atoms with van der Waals surface area (Å²) in [4.78, 5) is 4.87. The van der Waals surface area contributed by atoms with Crippen molar-refractivity contribution in [2.75, 3.05) is 0 Å². The molecule has 0 N–H and O–H groups in total. The summed E-state index contributed by atoms with van der Waals surface area (Å²) >= 11 is 0. The van der Waals surface area contributed by atoms with Crippen LogP contribution < -0.4 is 4.74 Å². The van der Waals surface area contributed by atoms with Crippen LogP contribution in [-0.4, -0.2) is 19.3 Å². The Morgan fingerprint density at radius 2 is 1.40 bits per heavy atom. The molecule has 0 saturated carbocycles. The van der Waals surface area contributed by atoms with Gasteiger partial charge in [0.1, 0.15) is 17.3 Å². The van der Waals surface area contributed by atoms with E-state index in [4.69, 9.17) is 14.8 Å². The van der Waals surface area contributed by atoms with E-state index in [1.165, 1.54) is 27.5 Å². The highest BCUT2D eigenvalue weighted by atomic mass is 16.5. The SMILES string of the molecule is Cc1nn(-c2cccc(Oc3ccc4c5cc(CC(C)C)ccc5n(-c5cc(CC(C)C)ccn5)c4c3)c2)c(C)c1-c1ccccc1. The quantitative estimate of drug-likeness (QED) is 0.162. The fourth-order valence-corrected chi connectivity index (χ4v) is 6.87. The first-order valence-electron chi connectivity index (χ1n) is 16.7. The van der Waals surface area contributed by atoms with Gasteiger partial charge in [0.2, 0.25) is 0 Å². The van der Waals surface area contributed by atoms with Gasteiger partial charge in [-0.25, -0.2) is 9.67 Å². The van der Waals surface area contributed by atoms with Crippen molar-refractivity contribution in [1.29, 1.82) is 0 Å². The summed E-state index contributed by atoms with van der Waals surface area (Å²) in [6.07, 6.45) is 3.99. The molecule has 3 heterocycles. The molecule has 0 aliphatic carbocycles. The Balaban J connectivity index is 1.30. The van der Waals surface area contributed by atoms with Crippen molar-refractivity contribution in [3.05, 3.63) is 132 Å². The standard InChI is InChI=1S/C42H42N4O/c1-27(2)21-31-15-18-39-38(23-31)37-17-16-36(26-40(37)45(39)41-24-32(19-20-43-41)22-28(3)4)47-35-14-10-13-34(25-35)46-30(6)42(29(5)44-46)33-11-8-7-9-12-33/h7-20,23-28H,21-22H2,1-6H3. The summed E-state index contributed by atoms with van der Waals surface area (Å²) in [5, 5.41) is 7.35. The maximum atomic E-state index is 6.57. The minimum absolute atomic E-state index is 0.567. The third-order valence-electron chi connectivity index (χ3n) is 8.78. The molecule has 0 unspecified atom stereocenters. The van der Waals surface area contributed by atoms with E-state index in [1.54, 1.807) is 0 Å². The molecule has 0 aliphatic rings. The minimum atomic E-state index is 0.567. The van der Waals surface area contributed by atoms with Crippen molar-refractivity contribution in [2.45, 2.75) is 54.4 Å². The van der Waals surface area contributed by atoms with Crippen LogP contribution in [0.4, 0.5) is 0 Å². The van der Waals surface area contributed by atoms with Gasteiger partial charge in [0.05, 0.1) is 22.4 Å². The Morgan fingerprint density at radius 3 is 2.17 bits per heavy atom. The number of benzene rings is 4. The van der Waals surface area contributed by atoms with Gasteiger partial charge in [-0.1, -0.05) is 70.2 Å². The second-order valence-electron chi connectivity index (χ2n) is 13.5. The number of hydrogen-bond donors (Lipinski definition) is 0. The van der Waals surface area contributed by atoms with Gasteiger partial charge in [0.15, 0.2) is 0 Å². The molecule has 4 aromatic carbocycles. The highest BCUT2D eigenvalue weighted by molar-refractivity contribution is 6.09. The second kappa shape index (κ2) is 12.6. The van der Waals surface area contributed by atoms with Gasteiger partial charge in [0, 0.05) is 40.4 Å². The first-order valence-corrected chi connectivity index (χ1v) is 16.7. The molecule has 0 atom stereocenters. The van der Waals surface area contributed by atoms with E-state index in [0.717, 1.165) is 63.8 Å². The lowest BCUT2D eigenvalue weighted by Crippen LogP contribution is -2.01. The fraction of sp³-hybridized carbons (Fsp3) is 0.238. The number of fused-ring (bicyclic) bond motifs is 3. The maximum Gasteiger partial charge on any atom is 0.137 e. The molecule has 0 radical (unpaired) electrons. The van der Waals surface area contributed by atoms with Gasteiger partial charge in [-0.2, -0.15) is 5.10 Å². The van der Waals surface area contributed by atoms with E-state index in [1.807, 2.05) is 29.1 Å². The van der Waals surface area contributed by atoms with E-state index < -0.39 is 0 Å². The highest BCUT2D eigenvalue weighted by Crippen LogP contribution is 2.37. The maximum absolute atomic E-state index is 6.57. The lowest BCUT2D eigenvalue weighted by molar-refractivity contribution is 0.482. The molecule has 236 valence electrons. The lowest BCUT2D eigenvalue weighted by atomic mass is 10.0. The molecule has 7 aromatic rings. The summed E-state index contributed by atoms with van der Waals surface area (Å²) in [5.41, 5.74) is 10.3. The topological polar surface area (TPSA) is 44.9 Å². The van der Waals surface area contributed by atoms with Crippen LogP contribution in [0.3, 0.4) is 0 Å². The van der Waals surface area contributed by atoms with Crippen molar-refractivity contribution in [3.63, 3.8) is 0 Å². The number of aromatic nitrogens is 4. The normalized spacial score (nSPS) is 11.7.